The Morgan fingerprint density at radius 3 is 2.32 bits per heavy atom. The monoisotopic (exact) mass is 364 g/mol. The number of halogens is 3. The molecule has 0 bridgehead atoms. The Bertz CT molecular complexity index is 413. The lowest BCUT2D eigenvalue weighted by Gasteiger charge is -2.30. The van der Waals surface area contributed by atoms with Gasteiger partial charge in [-0.2, -0.15) is 13.2 Å². The summed E-state index contributed by atoms with van der Waals surface area (Å²) in [4.78, 5) is 11.4. The Balaban J connectivity index is 2.20. The third-order valence-electron chi connectivity index (χ3n) is 5.01. The van der Waals surface area contributed by atoms with Crippen molar-refractivity contribution in [2.45, 2.75) is 70.9 Å². The summed E-state index contributed by atoms with van der Waals surface area (Å²) in [5, 5.41) is 9.46. The predicted molar refractivity (Wildman–Crippen MR) is 90.9 cm³/mol. The van der Waals surface area contributed by atoms with Crippen molar-refractivity contribution in [2.75, 3.05) is 13.2 Å². The van der Waals surface area contributed by atoms with Gasteiger partial charge in [0.15, 0.2) is 0 Å². The van der Waals surface area contributed by atoms with Gasteiger partial charge < -0.3 is 9.84 Å². The zero-order chi connectivity index (χ0) is 18.9. The molecule has 0 amide bonds. The molecule has 0 aromatic heterocycles. The van der Waals surface area contributed by atoms with Gasteiger partial charge in [0.05, 0.1) is 6.61 Å². The van der Waals surface area contributed by atoms with Crippen LogP contribution < -0.4 is 0 Å². The molecule has 1 unspecified atom stereocenters. The molecule has 1 N–H and O–H groups in total. The molecule has 0 radical (unpaired) electrons. The number of esters is 1. The minimum absolute atomic E-state index is 0.0131. The topological polar surface area (TPSA) is 46.5 Å². The Hall–Kier alpha value is -1.04. The second-order valence-corrected chi connectivity index (χ2v) is 7.41. The van der Waals surface area contributed by atoms with E-state index in [1.165, 1.54) is 0 Å². The van der Waals surface area contributed by atoms with Crippen molar-refractivity contribution in [3.8, 4) is 0 Å². The van der Waals surface area contributed by atoms with Gasteiger partial charge in [-0.25, -0.2) is 4.79 Å². The number of ether oxygens (including phenoxy) is 1. The van der Waals surface area contributed by atoms with E-state index in [4.69, 9.17) is 4.74 Å². The fraction of sp³-hybridized carbons (Fsp3) is 0.842. The van der Waals surface area contributed by atoms with Gasteiger partial charge in [-0.3, -0.25) is 0 Å². The van der Waals surface area contributed by atoms with E-state index in [1.807, 2.05) is 0 Å². The minimum Gasteiger partial charge on any atom is -0.462 e. The van der Waals surface area contributed by atoms with E-state index in [1.54, 1.807) is 6.92 Å². The first-order chi connectivity index (χ1) is 11.7. The maximum absolute atomic E-state index is 12.1. The van der Waals surface area contributed by atoms with Gasteiger partial charge >= 0.3 is 12.1 Å². The van der Waals surface area contributed by atoms with Crippen LogP contribution in [0, 0.1) is 17.8 Å². The van der Waals surface area contributed by atoms with Crippen molar-refractivity contribution in [3.63, 3.8) is 0 Å². The van der Waals surface area contributed by atoms with Gasteiger partial charge in [0, 0.05) is 24.5 Å². The number of rotatable bonds is 10. The van der Waals surface area contributed by atoms with Crippen molar-refractivity contribution >= 4 is 5.97 Å². The summed E-state index contributed by atoms with van der Waals surface area (Å²) in [6.45, 7) is 5.31. The first-order valence-electron chi connectivity index (χ1n) is 9.21. The normalized spacial score (nSPS) is 22.4. The molecule has 1 rings (SSSR count). The van der Waals surface area contributed by atoms with Crippen molar-refractivity contribution in [1.29, 1.82) is 0 Å². The number of unbranched alkanes of at least 4 members (excludes halogenated alkanes) is 1. The standard InChI is InChI=1S/C19H31F3O3/c1-14(2)18(24)25-13-17(12-23)11-16-8-6-15(7-9-16)5-3-4-10-19(20,21)22/h15-17,23H,1,3-13H2,2H3. The van der Waals surface area contributed by atoms with Crippen LogP contribution in [0.3, 0.4) is 0 Å². The summed E-state index contributed by atoms with van der Waals surface area (Å²) in [6.07, 6.45) is 2.01. The number of carbonyl (C=O) groups excluding carboxylic acids is 1. The predicted octanol–water partition coefficient (Wildman–Crippen LogP) is 5.03. The number of carbonyl (C=O) groups is 1. The molecule has 0 aromatic carbocycles. The fourth-order valence-electron chi connectivity index (χ4n) is 3.50. The Kier molecular flexibility index (Phi) is 9.54. The molecule has 6 heteroatoms. The lowest BCUT2D eigenvalue weighted by molar-refractivity contribution is -0.141. The molecule has 0 heterocycles. The highest BCUT2D eigenvalue weighted by molar-refractivity contribution is 5.86. The zero-order valence-electron chi connectivity index (χ0n) is 15.1. The van der Waals surface area contributed by atoms with Gasteiger partial charge in [0.1, 0.15) is 0 Å². The fourth-order valence-corrected chi connectivity index (χ4v) is 3.50. The van der Waals surface area contributed by atoms with Gasteiger partial charge in [-0.05, 0) is 31.6 Å². The highest BCUT2D eigenvalue weighted by atomic mass is 19.4. The van der Waals surface area contributed by atoms with Crippen molar-refractivity contribution in [2.24, 2.45) is 17.8 Å². The molecular formula is C19H31F3O3. The van der Waals surface area contributed by atoms with Gasteiger partial charge in [-0.1, -0.05) is 45.1 Å². The highest BCUT2D eigenvalue weighted by Gasteiger charge is 2.27. The lowest BCUT2D eigenvalue weighted by Crippen LogP contribution is -2.23. The Morgan fingerprint density at radius 1 is 1.20 bits per heavy atom. The number of hydrogen-bond acceptors (Lipinski definition) is 3. The maximum Gasteiger partial charge on any atom is 0.389 e. The number of alkyl halides is 3. The van der Waals surface area contributed by atoms with E-state index < -0.39 is 18.6 Å². The average Bonchev–Trinajstić information content (AvgIpc) is 2.55. The van der Waals surface area contributed by atoms with E-state index in [9.17, 15) is 23.1 Å². The second-order valence-electron chi connectivity index (χ2n) is 7.41. The van der Waals surface area contributed by atoms with Crippen LogP contribution in [0.5, 0.6) is 0 Å². The SMILES string of the molecule is C=C(C)C(=O)OCC(CO)CC1CCC(CCCCC(F)(F)F)CC1. The van der Waals surface area contributed by atoms with Crippen LogP contribution in [0.25, 0.3) is 0 Å². The number of aliphatic hydroxyl groups is 1. The molecule has 1 atom stereocenters. The molecule has 1 fully saturated rings. The van der Waals surface area contributed by atoms with E-state index in [0.717, 1.165) is 38.5 Å². The Morgan fingerprint density at radius 2 is 1.80 bits per heavy atom. The second kappa shape index (κ2) is 10.8. The maximum atomic E-state index is 12.1. The van der Waals surface area contributed by atoms with Gasteiger partial charge in [-0.15, -0.1) is 0 Å². The first-order valence-corrected chi connectivity index (χ1v) is 9.21. The van der Waals surface area contributed by atoms with Crippen molar-refractivity contribution in [3.05, 3.63) is 12.2 Å². The van der Waals surface area contributed by atoms with Crippen LogP contribution >= 0.6 is 0 Å². The Labute approximate surface area is 148 Å². The third kappa shape index (κ3) is 9.88. The third-order valence-corrected chi connectivity index (χ3v) is 5.01. The molecule has 3 nitrogen and oxygen atoms in total. The largest absolute Gasteiger partial charge is 0.462 e. The quantitative estimate of drug-likeness (QED) is 0.336. The molecule has 0 spiro atoms. The summed E-state index contributed by atoms with van der Waals surface area (Å²) in [6, 6.07) is 0. The van der Waals surface area contributed by atoms with Crippen molar-refractivity contribution in [1.82, 2.24) is 0 Å². The molecule has 0 aliphatic heterocycles. The molecule has 146 valence electrons. The average molecular weight is 364 g/mol. The summed E-state index contributed by atoms with van der Waals surface area (Å²) >= 11 is 0. The molecule has 1 aliphatic carbocycles. The van der Waals surface area contributed by atoms with E-state index in [2.05, 4.69) is 6.58 Å². The van der Waals surface area contributed by atoms with Crippen LogP contribution in [0.1, 0.15) is 64.7 Å². The number of hydrogen-bond donors (Lipinski definition) is 1. The van der Waals surface area contributed by atoms with Crippen LogP contribution in [0.4, 0.5) is 13.2 Å². The highest BCUT2D eigenvalue weighted by Crippen LogP contribution is 2.35. The lowest BCUT2D eigenvalue weighted by atomic mass is 9.76. The van der Waals surface area contributed by atoms with Gasteiger partial charge in [0.25, 0.3) is 0 Å². The van der Waals surface area contributed by atoms with Crippen LogP contribution in [-0.4, -0.2) is 30.5 Å². The van der Waals surface area contributed by atoms with Crippen LogP contribution in [0.2, 0.25) is 0 Å². The summed E-state index contributed by atoms with van der Waals surface area (Å²) in [5.41, 5.74) is 0.350. The zero-order valence-corrected chi connectivity index (χ0v) is 15.1. The van der Waals surface area contributed by atoms with Crippen LogP contribution in [-0.2, 0) is 9.53 Å². The first kappa shape index (κ1) is 22.0. The van der Waals surface area contributed by atoms with E-state index >= 15 is 0 Å². The van der Waals surface area contributed by atoms with Gasteiger partial charge in [0.2, 0.25) is 0 Å². The van der Waals surface area contributed by atoms with Crippen LogP contribution in [0.15, 0.2) is 12.2 Å². The molecule has 1 saturated carbocycles. The van der Waals surface area contributed by atoms with E-state index in [-0.39, 0.29) is 25.6 Å². The molecule has 25 heavy (non-hydrogen) atoms. The molecule has 0 aromatic rings. The molecule has 0 saturated heterocycles. The molecular weight excluding hydrogens is 333 g/mol. The summed E-state index contributed by atoms with van der Waals surface area (Å²) in [7, 11) is 0. The minimum atomic E-state index is -4.04. The molecule has 1 aliphatic rings. The summed E-state index contributed by atoms with van der Waals surface area (Å²) < 4.78 is 41.5. The van der Waals surface area contributed by atoms with Crippen molar-refractivity contribution < 1.29 is 27.8 Å². The van der Waals surface area contributed by atoms with E-state index in [0.29, 0.717) is 23.8 Å². The summed E-state index contributed by atoms with van der Waals surface area (Å²) in [5.74, 6) is 0.531. The smallest absolute Gasteiger partial charge is 0.389 e. The number of aliphatic hydroxyl groups excluding tert-OH is 1.